The molecular weight excluding hydrogens is 434 g/mol. The van der Waals surface area contributed by atoms with E-state index in [4.69, 9.17) is 14.2 Å². The zero-order valence-corrected chi connectivity index (χ0v) is 18.2. The summed E-state index contributed by atoms with van der Waals surface area (Å²) in [5, 5.41) is 0. The van der Waals surface area contributed by atoms with Gasteiger partial charge in [0.1, 0.15) is 6.10 Å². The van der Waals surface area contributed by atoms with E-state index in [9.17, 15) is 4.79 Å². The van der Waals surface area contributed by atoms with Gasteiger partial charge in [0.05, 0.1) is 13.2 Å². The molecule has 2 aliphatic rings. The maximum Gasteiger partial charge on any atom is 0.410 e. The highest BCUT2D eigenvalue weighted by molar-refractivity contribution is 9.10. The Labute approximate surface area is 180 Å². The van der Waals surface area contributed by atoms with Gasteiger partial charge in [-0.1, -0.05) is 34.1 Å². The third kappa shape index (κ3) is 4.86. The van der Waals surface area contributed by atoms with Crippen molar-refractivity contribution in [3.63, 3.8) is 0 Å². The number of hydrogen-bond acceptors (Lipinski definition) is 4. The lowest BCUT2D eigenvalue weighted by molar-refractivity contribution is 0.0215. The van der Waals surface area contributed by atoms with E-state index in [-0.39, 0.29) is 18.3 Å². The van der Waals surface area contributed by atoms with Crippen molar-refractivity contribution in [2.24, 2.45) is 0 Å². The molecule has 5 nitrogen and oxygen atoms in total. The molecule has 1 saturated carbocycles. The zero-order chi connectivity index (χ0) is 20.2. The van der Waals surface area contributed by atoms with Gasteiger partial charge in [-0.05, 0) is 61.1 Å². The molecule has 6 heteroatoms. The number of amides is 1. The summed E-state index contributed by atoms with van der Waals surface area (Å²) < 4.78 is 18.4. The molecule has 1 heterocycles. The lowest BCUT2D eigenvalue weighted by Crippen LogP contribution is -2.38. The SMILES string of the molecule is COc1ccc(C2CCN(Cc3ccc(Br)cc3)C(=O)O2)cc1OC1CCCC1. The molecule has 2 fully saturated rings. The predicted molar refractivity (Wildman–Crippen MR) is 114 cm³/mol. The van der Waals surface area contributed by atoms with E-state index in [0.29, 0.717) is 13.1 Å². The van der Waals surface area contributed by atoms with E-state index in [1.165, 1.54) is 12.8 Å². The average Bonchev–Trinajstić information content (AvgIpc) is 3.24. The number of halogens is 1. The standard InChI is InChI=1S/C23H26BrNO4/c1-27-21-11-8-17(14-22(21)28-19-4-2-3-5-19)20-12-13-25(23(26)29-20)15-16-6-9-18(24)10-7-16/h6-11,14,19-20H,2-5,12-13,15H2,1H3. The van der Waals surface area contributed by atoms with Gasteiger partial charge >= 0.3 is 6.09 Å². The van der Waals surface area contributed by atoms with Crippen LogP contribution in [0.1, 0.15) is 49.3 Å². The number of nitrogens with zero attached hydrogens (tertiary/aromatic N) is 1. The van der Waals surface area contributed by atoms with E-state index >= 15 is 0 Å². The van der Waals surface area contributed by atoms with Gasteiger partial charge in [-0.3, -0.25) is 0 Å². The average molecular weight is 460 g/mol. The van der Waals surface area contributed by atoms with E-state index in [0.717, 1.165) is 46.4 Å². The lowest BCUT2D eigenvalue weighted by atomic mass is 10.0. The van der Waals surface area contributed by atoms with E-state index < -0.39 is 0 Å². The number of ether oxygens (including phenoxy) is 3. The van der Waals surface area contributed by atoms with Crippen LogP contribution in [0, 0.1) is 0 Å². The van der Waals surface area contributed by atoms with Crippen molar-refractivity contribution >= 4 is 22.0 Å². The smallest absolute Gasteiger partial charge is 0.410 e. The molecule has 2 aromatic carbocycles. The molecule has 4 rings (SSSR count). The van der Waals surface area contributed by atoms with Crippen LogP contribution in [0.4, 0.5) is 4.79 Å². The maximum atomic E-state index is 12.6. The second-order valence-corrected chi connectivity index (χ2v) is 8.56. The molecule has 29 heavy (non-hydrogen) atoms. The highest BCUT2D eigenvalue weighted by atomic mass is 79.9. The molecule has 0 N–H and O–H groups in total. The first kappa shape index (κ1) is 20.1. The largest absolute Gasteiger partial charge is 0.493 e. The zero-order valence-electron chi connectivity index (χ0n) is 16.6. The molecule has 0 spiro atoms. The Hall–Kier alpha value is -2.21. The van der Waals surface area contributed by atoms with Crippen molar-refractivity contribution < 1.29 is 19.0 Å². The summed E-state index contributed by atoms with van der Waals surface area (Å²) in [5.74, 6) is 1.46. The first-order valence-corrected chi connectivity index (χ1v) is 11.0. The lowest BCUT2D eigenvalue weighted by Gasteiger charge is -2.32. The van der Waals surface area contributed by atoms with Gasteiger partial charge in [0.2, 0.25) is 0 Å². The monoisotopic (exact) mass is 459 g/mol. The Morgan fingerprint density at radius 1 is 1.07 bits per heavy atom. The fourth-order valence-electron chi connectivity index (χ4n) is 3.98. The molecule has 1 aliphatic carbocycles. The molecule has 0 radical (unpaired) electrons. The van der Waals surface area contributed by atoms with Crippen molar-refractivity contribution in [2.45, 2.75) is 50.9 Å². The number of hydrogen-bond donors (Lipinski definition) is 0. The Morgan fingerprint density at radius 3 is 2.52 bits per heavy atom. The van der Waals surface area contributed by atoms with Crippen LogP contribution >= 0.6 is 15.9 Å². The fraction of sp³-hybridized carbons (Fsp3) is 0.435. The third-order valence-electron chi connectivity index (χ3n) is 5.60. The summed E-state index contributed by atoms with van der Waals surface area (Å²) in [6.45, 7) is 1.21. The van der Waals surface area contributed by atoms with Gasteiger partial charge < -0.3 is 19.1 Å². The van der Waals surface area contributed by atoms with E-state index in [2.05, 4.69) is 15.9 Å². The molecule has 2 aromatic rings. The summed E-state index contributed by atoms with van der Waals surface area (Å²) in [6, 6.07) is 13.8. The molecule has 1 amide bonds. The second-order valence-electron chi connectivity index (χ2n) is 7.64. The molecule has 154 valence electrons. The molecule has 1 unspecified atom stereocenters. The molecule has 1 atom stereocenters. The first-order chi connectivity index (χ1) is 14.1. The third-order valence-corrected chi connectivity index (χ3v) is 6.13. The van der Waals surface area contributed by atoms with Crippen LogP contribution in [0.2, 0.25) is 0 Å². The number of carbonyl (C=O) groups is 1. The minimum Gasteiger partial charge on any atom is -0.493 e. The fourth-order valence-corrected chi connectivity index (χ4v) is 4.24. The van der Waals surface area contributed by atoms with Crippen molar-refractivity contribution in [1.29, 1.82) is 0 Å². The minimum absolute atomic E-state index is 0.245. The first-order valence-electron chi connectivity index (χ1n) is 10.2. The highest BCUT2D eigenvalue weighted by Gasteiger charge is 2.29. The molecule has 0 bridgehead atoms. The van der Waals surface area contributed by atoms with Crippen molar-refractivity contribution in [1.82, 2.24) is 4.90 Å². The Bertz CT molecular complexity index is 848. The summed E-state index contributed by atoms with van der Waals surface area (Å²) in [5.41, 5.74) is 2.04. The van der Waals surface area contributed by atoms with Crippen LogP contribution in [0.25, 0.3) is 0 Å². The van der Waals surface area contributed by atoms with Gasteiger partial charge in [-0.25, -0.2) is 4.79 Å². The number of benzene rings is 2. The normalized spacial score (nSPS) is 19.9. The van der Waals surface area contributed by atoms with Crippen LogP contribution in [0.3, 0.4) is 0 Å². The van der Waals surface area contributed by atoms with Gasteiger partial charge in [0.15, 0.2) is 11.5 Å². The summed E-state index contributed by atoms with van der Waals surface area (Å²) in [4.78, 5) is 14.3. The molecule has 1 aliphatic heterocycles. The summed E-state index contributed by atoms with van der Waals surface area (Å²) in [6.07, 6.45) is 5.03. The minimum atomic E-state index is -0.279. The van der Waals surface area contributed by atoms with E-state index in [1.807, 2.05) is 42.5 Å². The predicted octanol–water partition coefficient (Wildman–Crippen LogP) is 5.86. The maximum absolute atomic E-state index is 12.6. The molecule has 1 saturated heterocycles. The number of methoxy groups -OCH3 is 1. The quantitative estimate of drug-likeness (QED) is 0.542. The van der Waals surface area contributed by atoms with Gasteiger partial charge in [0.25, 0.3) is 0 Å². The van der Waals surface area contributed by atoms with Crippen molar-refractivity contribution in [3.8, 4) is 11.5 Å². The Morgan fingerprint density at radius 2 is 1.83 bits per heavy atom. The van der Waals surface area contributed by atoms with Crippen LogP contribution in [-0.2, 0) is 11.3 Å². The number of carbonyl (C=O) groups excluding carboxylic acids is 1. The van der Waals surface area contributed by atoms with Crippen molar-refractivity contribution in [2.75, 3.05) is 13.7 Å². The Kier molecular flexibility index (Phi) is 6.28. The summed E-state index contributed by atoms with van der Waals surface area (Å²) in [7, 11) is 1.65. The Balaban J connectivity index is 1.42. The van der Waals surface area contributed by atoms with Gasteiger partial charge in [-0.2, -0.15) is 0 Å². The second kappa shape index (κ2) is 9.08. The van der Waals surface area contributed by atoms with Crippen LogP contribution in [0.15, 0.2) is 46.9 Å². The topological polar surface area (TPSA) is 48.0 Å². The van der Waals surface area contributed by atoms with Crippen LogP contribution in [-0.4, -0.2) is 30.8 Å². The highest BCUT2D eigenvalue weighted by Crippen LogP contribution is 2.36. The number of rotatable bonds is 6. The van der Waals surface area contributed by atoms with Gasteiger partial charge in [-0.15, -0.1) is 0 Å². The van der Waals surface area contributed by atoms with Crippen LogP contribution < -0.4 is 9.47 Å². The molecule has 0 aromatic heterocycles. The van der Waals surface area contributed by atoms with Gasteiger partial charge in [0, 0.05) is 24.0 Å². The van der Waals surface area contributed by atoms with E-state index in [1.54, 1.807) is 12.0 Å². The van der Waals surface area contributed by atoms with Crippen molar-refractivity contribution in [3.05, 3.63) is 58.1 Å². The number of cyclic esters (lactones) is 1. The molecular formula is C23H26BrNO4. The van der Waals surface area contributed by atoms with Crippen LogP contribution in [0.5, 0.6) is 11.5 Å². The summed E-state index contributed by atoms with van der Waals surface area (Å²) >= 11 is 3.44.